The number of nitro benzene ring substituents is 1. The lowest BCUT2D eigenvalue weighted by atomic mass is 10.2. The smallest absolute Gasteiger partial charge is 0.270 e. The number of nitrogens with zero attached hydrogens (tertiary/aromatic N) is 4. The van der Waals surface area contributed by atoms with Crippen molar-refractivity contribution in [3.8, 4) is 0 Å². The number of imidazole rings is 1. The van der Waals surface area contributed by atoms with Crippen LogP contribution in [0.25, 0.3) is 34.2 Å². The van der Waals surface area contributed by atoms with E-state index in [4.69, 9.17) is 9.97 Å². The molecule has 0 aliphatic carbocycles. The molecule has 0 radical (unpaired) electrons. The third-order valence-electron chi connectivity index (χ3n) is 4.86. The first kappa shape index (κ1) is 19.9. The van der Waals surface area contributed by atoms with E-state index in [1.807, 2.05) is 66.7 Å². The maximum absolute atomic E-state index is 11.1. The van der Waals surface area contributed by atoms with Crippen LogP contribution < -0.4 is 0 Å². The van der Waals surface area contributed by atoms with Crippen LogP contribution in [0.15, 0.2) is 77.8 Å². The SMILES string of the molecule is O=[N+]([O-])c1cccc(/C=C/c2nc3ccccc3nc2SCc2nc3ccccc3[nH]2)c1. The molecule has 5 aromatic rings. The molecule has 3 aromatic carbocycles. The van der Waals surface area contributed by atoms with E-state index >= 15 is 0 Å². The molecular formula is C24H17N5O2S. The molecule has 8 heteroatoms. The van der Waals surface area contributed by atoms with Gasteiger partial charge in [0.05, 0.1) is 38.4 Å². The molecule has 32 heavy (non-hydrogen) atoms. The van der Waals surface area contributed by atoms with E-state index in [1.54, 1.807) is 17.8 Å². The largest absolute Gasteiger partial charge is 0.341 e. The predicted octanol–water partition coefficient (Wildman–Crippen LogP) is 5.88. The van der Waals surface area contributed by atoms with Gasteiger partial charge in [-0.15, -0.1) is 0 Å². The summed E-state index contributed by atoms with van der Waals surface area (Å²) in [5.41, 5.74) is 5.01. The highest BCUT2D eigenvalue weighted by molar-refractivity contribution is 7.98. The Morgan fingerprint density at radius 1 is 0.875 bits per heavy atom. The van der Waals surface area contributed by atoms with Gasteiger partial charge in [0.2, 0.25) is 0 Å². The molecule has 0 aliphatic rings. The number of hydrogen-bond donors (Lipinski definition) is 1. The van der Waals surface area contributed by atoms with Gasteiger partial charge in [0, 0.05) is 12.1 Å². The molecule has 0 unspecified atom stereocenters. The highest BCUT2D eigenvalue weighted by Crippen LogP contribution is 2.27. The summed E-state index contributed by atoms with van der Waals surface area (Å²) in [6, 6.07) is 22.1. The first-order valence-electron chi connectivity index (χ1n) is 9.91. The van der Waals surface area contributed by atoms with Crippen LogP contribution in [-0.2, 0) is 5.75 Å². The molecule has 0 bridgehead atoms. The van der Waals surface area contributed by atoms with Crippen LogP contribution >= 0.6 is 11.8 Å². The molecule has 0 spiro atoms. The standard InChI is InChI=1S/C24H17N5O2S/c30-29(31)17-7-5-6-16(14-17)12-13-22-24(28-21-11-4-1-8-18(21)25-22)32-15-23-26-19-9-2-3-10-20(19)27-23/h1-14H,15H2,(H,26,27)/b13-12+. The Kier molecular flexibility index (Phi) is 5.35. The van der Waals surface area contributed by atoms with E-state index < -0.39 is 4.92 Å². The molecule has 0 fully saturated rings. The van der Waals surface area contributed by atoms with E-state index in [2.05, 4.69) is 9.97 Å². The zero-order valence-electron chi connectivity index (χ0n) is 16.8. The summed E-state index contributed by atoms with van der Waals surface area (Å²) in [5.74, 6) is 1.47. The van der Waals surface area contributed by atoms with Gasteiger partial charge in [0.15, 0.2) is 0 Å². The quantitative estimate of drug-likeness (QED) is 0.202. The van der Waals surface area contributed by atoms with Crippen LogP contribution in [0.2, 0.25) is 0 Å². The third-order valence-corrected chi connectivity index (χ3v) is 5.85. The second-order valence-electron chi connectivity index (χ2n) is 7.08. The zero-order chi connectivity index (χ0) is 21.9. The summed E-state index contributed by atoms with van der Waals surface area (Å²) in [7, 11) is 0. The number of non-ortho nitro benzene ring substituents is 1. The van der Waals surface area contributed by atoms with Gasteiger partial charge in [-0.05, 0) is 35.9 Å². The fourth-order valence-electron chi connectivity index (χ4n) is 3.34. The number of nitro groups is 1. The molecule has 2 aromatic heterocycles. The first-order valence-corrected chi connectivity index (χ1v) is 10.9. The fraction of sp³-hybridized carbons (Fsp3) is 0.0417. The number of rotatable bonds is 6. The van der Waals surface area contributed by atoms with Gasteiger partial charge in [-0.2, -0.15) is 0 Å². The lowest BCUT2D eigenvalue weighted by Crippen LogP contribution is -1.94. The Morgan fingerprint density at radius 2 is 1.62 bits per heavy atom. The Hall–Kier alpha value is -4.04. The Morgan fingerprint density at radius 3 is 2.41 bits per heavy atom. The molecule has 1 N–H and O–H groups in total. The molecule has 0 saturated heterocycles. The zero-order valence-corrected chi connectivity index (χ0v) is 17.6. The maximum Gasteiger partial charge on any atom is 0.270 e. The van der Waals surface area contributed by atoms with E-state index in [1.165, 1.54) is 12.1 Å². The Labute approximate surface area is 187 Å². The number of aromatic nitrogens is 4. The topological polar surface area (TPSA) is 97.6 Å². The second kappa shape index (κ2) is 8.60. The van der Waals surface area contributed by atoms with Crippen molar-refractivity contribution in [2.75, 3.05) is 0 Å². The molecule has 156 valence electrons. The summed E-state index contributed by atoms with van der Waals surface area (Å²) in [5, 5.41) is 11.8. The lowest BCUT2D eigenvalue weighted by Gasteiger charge is -2.06. The average Bonchev–Trinajstić information content (AvgIpc) is 3.24. The van der Waals surface area contributed by atoms with Gasteiger partial charge in [0.25, 0.3) is 5.69 Å². The number of aromatic amines is 1. The van der Waals surface area contributed by atoms with Gasteiger partial charge in [-0.1, -0.05) is 54.2 Å². The van der Waals surface area contributed by atoms with Crippen molar-refractivity contribution < 1.29 is 4.92 Å². The van der Waals surface area contributed by atoms with Crippen LogP contribution in [0.4, 0.5) is 5.69 Å². The average molecular weight is 440 g/mol. The number of nitrogens with one attached hydrogen (secondary N) is 1. The number of H-pyrrole nitrogens is 1. The summed E-state index contributed by atoms with van der Waals surface area (Å²) in [6.07, 6.45) is 3.66. The van der Waals surface area contributed by atoms with Crippen molar-refractivity contribution >= 4 is 51.7 Å². The maximum atomic E-state index is 11.1. The van der Waals surface area contributed by atoms with E-state index in [9.17, 15) is 10.1 Å². The summed E-state index contributed by atoms with van der Waals surface area (Å²) in [4.78, 5) is 28.2. The van der Waals surface area contributed by atoms with Crippen LogP contribution in [0.1, 0.15) is 17.1 Å². The van der Waals surface area contributed by atoms with Crippen molar-refractivity contribution in [3.05, 3.63) is 100.0 Å². The van der Waals surface area contributed by atoms with Crippen molar-refractivity contribution in [1.29, 1.82) is 0 Å². The van der Waals surface area contributed by atoms with Crippen molar-refractivity contribution in [1.82, 2.24) is 19.9 Å². The molecule has 2 heterocycles. The van der Waals surface area contributed by atoms with E-state index in [0.717, 1.165) is 38.5 Å². The lowest BCUT2D eigenvalue weighted by molar-refractivity contribution is -0.384. The second-order valence-corrected chi connectivity index (χ2v) is 8.04. The monoisotopic (exact) mass is 439 g/mol. The number of benzene rings is 3. The van der Waals surface area contributed by atoms with Crippen LogP contribution in [-0.4, -0.2) is 24.9 Å². The normalized spacial score (nSPS) is 11.5. The van der Waals surface area contributed by atoms with Crippen molar-refractivity contribution in [3.63, 3.8) is 0 Å². The van der Waals surface area contributed by atoms with Crippen LogP contribution in [0, 0.1) is 10.1 Å². The molecule has 0 aliphatic heterocycles. The van der Waals surface area contributed by atoms with Gasteiger partial charge in [-0.25, -0.2) is 15.0 Å². The highest BCUT2D eigenvalue weighted by atomic mass is 32.2. The summed E-state index contributed by atoms with van der Waals surface area (Å²) >= 11 is 1.55. The number of fused-ring (bicyclic) bond motifs is 2. The molecule has 0 atom stereocenters. The van der Waals surface area contributed by atoms with Crippen molar-refractivity contribution in [2.24, 2.45) is 0 Å². The fourth-order valence-corrected chi connectivity index (χ4v) is 4.17. The summed E-state index contributed by atoms with van der Waals surface area (Å²) < 4.78 is 0. The van der Waals surface area contributed by atoms with Crippen LogP contribution in [0.5, 0.6) is 0 Å². The number of thioether (sulfide) groups is 1. The summed E-state index contributed by atoms with van der Waals surface area (Å²) in [6.45, 7) is 0. The molecule has 0 amide bonds. The predicted molar refractivity (Wildman–Crippen MR) is 127 cm³/mol. The van der Waals surface area contributed by atoms with Gasteiger partial charge in [-0.3, -0.25) is 10.1 Å². The first-order chi connectivity index (χ1) is 15.7. The van der Waals surface area contributed by atoms with E-state index in [0.29, 0.717) is 11.4 Å². The number of para-hydroxylation sites is 4. The van der Waals surface area contributed by atoms with E-state index in [-0.39, 0.29) is 5.69 Å². The molecule has 0 saturated carbocycles. The van der Waals surface area contributed by atoms with Gasteiger partial charge < -0.3 is 4.98 Å². The number of hydrogen-bond acceptors (Lipinski definition) is 6. The highest BCUT2D eigenvalue weighted by Gasteiger charge is 2.10. The third kappa shape index (κ3) is 4.21. The van der Waals surface area contributed by atoms with Crippen LogP contribution in [0.3, 0.4) is 0 Å². The van der Waals surface area contributed by atoms with Crippen molar-refractivity contribution in [2.45, 2.75) is 10.8 Å². The minimum Gasteiger partial charge on any atom is -0.341 e. The Bertz CT molecular complexity index is 1450. The van der Waals surface area contributed by atoms with Gasteiger partial charge in [0.1, 0.15) is 10.9 Å². The minimum absolute atomic E-state index is 0.0521. The minimum atomic E-state index is -0.401. The van der Waals surface area contributed by atoms with Gasteiger partial charge >= 0.3 is 0 Å². The molecular weight excluding hydrogens is 422 g/mol. The Balaban J connectivity index is 1.47. The molecule has 7 nitrogen and oxygen atoms in total. The molecule has 5 rings (SSSR count).